The van der Waals surface area contributed by atoms with Gasteiger partial charge in [-0.3, -0.25) is 4.99 Å². The SMILES string of the molecule is CC1(C)C2=CC3C(C=C2c2c(C4=NC(C5CCCCC5)NC5=C4SC4CCCC=C54)cccc21)C1CC=CC=C1C31CCCCC1. The molecule has 1 aromatic carbocycles. The van der Waals surface area contributed by atoms with Gasteiger partial charge in [0.2, 0.25) is 0 Å². The summed E-state index contributed by atoms with van der Waals surface area (Å²) in [6.07, 6.45) is 34.5. The molecule has 0 radical (unpaired) electrons. The molecule has 1 aromatic rings. The zero-order valence-corrected chi connectivity index (χ0v) is 28.7. The predicted octanol–water partition coefficient (Wildman–Crippen LogP) is 10.7. The molecule has 2 aliphatic heterocycles. The van der Waals surface area contributed by atoms with Crippen LogP contribution in [0.4, 0.5) is 0 Å². The summed E-state index contributed by atoms with van der Waals surface area (Å²) in [5.74, 6) is 2.55. The molecule has 7 aliphatic carbocycles. The third-order valence-corrected chi connectivity index (χ3v) is 15.4. The van der Waals surface area contributed by atoms with Gasteiger partial charge in [0, 0.05) is 16.2 Å². The van der Waals surface area contributed by atoms with Gasteiger partial charge in [0.25, 0.3) is 0 Å². The minimum atomic E-state index is 0.00515. The third kappa shape index (κ3) is 3.93. The molecule has 10 rings (SSSR count). The molecule has 2 heterocycles. The second-order valence-electron chi connectivity index (χ2n) is 16.6. The molecule has 0 saturated heterocycles. The largest absolute Gasteiger partial charge is 0.362 e. The van der Waals surface area contributed by atoms with E-state index in [-0.39, 0.29) is 11.6 Å². The lowest BCUT2D eigenvalue weighted by atomic mass is 9.62. The van der Waals surface area contributed by atoms with E-state index in [0.717, 1.165) is 0 Å². The second-order valence-corrected chi connectivity index (χ2v) is 17.8. The zero-order chi connectivity index (χ0) is 30.6. The topological polar surface area (TPSA) is 24.4 Å². The van der Waals surface area contributed by atoms with Gasteiger partial charge >= 0.3 is 0 Å². The molecule has 0 bridgehead atoms. The molecule has 1 spiro atoms. The Labute approximate surface area is 280 Å². The molecule has 46 heavy (non-hydrogen) atoms. The molecule has 9 aliphatic rings. The number of benzene rings is 1. The maximum Gasteiger partial charge on any atom is 0.122 e. The molecule has 2 nitrogen and oxygen atoms in total. The van der Waals surface area contributed by atoms with Gasteiger partial charge in [0.1, 0.15) is 6.17 Å². The van der Waals surface area contributed by atoms with Crippen molar-refractivity contribution in [2.75, 3.05) is 0 Å². The minimum absolute atomic E-state index is 0.00515. The zero-order valence-electron chi connectivity index (χ0n) is 27.9. The fourth-order valence-electron chi connectivity index (χ4n) is 11.8. The van der Waals surface area contributed by atoms with Crippen molar-refractivity contribution in [2.24, 2.45) is 34.1 Å². The molecule has 3 heteroatoms. The molecule has 1 N–H and O–H groups in total. The van der Waals surface area contributed by atoms with Gasteiger partial charge in [0.05, 0.1) is 16.3 Å². The first-order valence-corrected chi connectivity index (χ1v) is 19.8. The molecular weight excluding hydrogens is 577 g/mol. The van der Waals surface area contributed by atoms with E-state index in [9.17, 15) is 0 Å². The average Bonchev–Trinajstić information content (AvgIpc) is 3.69. The van der Waals surface area contributed by atoms with Gasteiger partial charge in [-0.2, -0.15) is 0 Å². The molecule has 3 fully saturated rings. The number of thioether (sulfide) groups is 1. The molecule has 0 amide bonds. The van der Waals surface area contributed by atoms with Crippen LogP contribution >= 0.6 is 11.8 Å². The van der Waals surface area contributed by atoms with Crippen LogP contribution < -0.4 is 5.32 Å². The number of nitrogens with zero attached hydrogens (tertiary/aromatic N) is 1. The second kappa shape index (κ2) is 10.5. The van der Waals surface area contributed by atoms with Crippen molar-refractivity contribution in [2.45, 2.75) is 121 Å². The van der Waals surface area contributed by atoms with Crippen LogP contribution in [0.25, 0.3) is 5.57 Å². The van der Waals surface area contributed by atoms with Gasteiger partial charge < -0.3 is 5.32 Å². The Balaban J connectivity index is 1.13. The lowest BCUT2D eigenvalue weighted by Crippen LogP contribution is -2.40. The van der Waals surface area contributed by atoms with E-state index in [0.29, 0.717) is 34.3 Å². The highest BCUT2D eigenvalue weighted by Crippen LogP contribution is 2.67. The molecule has 0 aromatic heterocycles. The highest BCUT2D eigenvalue weighted by Gasteiger charge is 2.57. The molecule has 3 saturated carbocycles. The molecular formula is C43H50N2S. The van der Waals surface area contributed by atoms with Gasteiger partial charge in [-0.1, -0.05) is 113 Å². The first-order chi connectivity index (χ1) is 22.5. The molecule has 5 atom stereocenters. The third-order valence-electron chi connectivity index (χ3n) is 14.0. The Bertz CT molecular complexity index is 1710. The predicted molar refractivity (Wildman–Crippen MR) is 194 cm³/mol. The van der Waals surface area contributed by atoms with Crippen molar-refractivity contribution in [1.29, 1.82) is 0 Å². The number of hydrogen-bond acceptors (Lipinski definition) is 3. The van der Waals surface area contributed by atoms with Crippen LogP contribution in [0.1, 0.15) is 120 Å². The highest BCUT2D eigenvalue weighted by molar-refractivity contribution is 8.05. The van der Waals surface area contributed by atoms with Crippen molar-refractivity contribution in [1.82, 2.24) is 5.32 Å². The monoisotopic (exact) mass is 626 g/mol. The Morgan fingerprint density at radius 1 is 0.935 bits per heavy atom. The molecule has 5 unspecified atom stereocenters. The number of rotatable bonds is 2. The first-order valence-electron chi connectivity index (χ1n) is 19.0. The van der Waals surface area contributed by atoms with Gasteiger partial charge in [-0.05, 0) is 108 Å². The van der Waals surface area contributed by atoms with Crippen LogP contribution in [0.5, 0.6) is 0 Å². The van der Waals surface area contributed by atoms with E-state index in [1.807, 2.05) is 0 Å². The summed E-state index contributed by atoms with van der Waals surface area (Å²) >= 11 is 2.12. The Hall–Kier alpha value is -2.52. The summed E-state index contributed by atoms with van der Waals surface area (Å²) in [6, 6.07) is 7.26. The van der Waals surface area contributed by atoms with Crippen molar-refractivity contribution in [3.05, 3.63) is 98.7 Å². The van der Waals surface area contributed by atoms with Crippen LogP contribution in [0, 0.1) is 29.1 Å². The van der Waals surface area contributed by atoms with E-state index in [1.54, 1.807) is 22.3 Å². The average molecular weight is 627 g/mol. The summed E-state index contributed by atoms with van der Waals surface area (Å²) in [7, 11) is 0. The number of fused-ring (bicyclic) bond motifs is 10. The van der Waals surface area contributed by atoms with E-state index in [1.165, 1.54) is 123 Å². The summed E-state index contributed by atoms with van der Waals surface area (Å²) in [5, 5.41) is 4.68. The van der Waals surface area contributed by atoms with Crippen LogP contribution in [0.2, 0.25) is 0 Å². The van der Waals surface area contributed by atoms with Gasteiger partial charge in [-0.25, -0.2) is 0 Å². The Morgan fingerprint density at radius 3 is 2.65 bits per heavy atom. The number of hydrogen-bond donors (Lipinski definition) is 1. The minimum Gasteiger partial charge on any atom is -0.362 e. The van der Waals surface area contributed by atoms with Crippen LogP contribution in [0.3, 0.4) is 0 Å². The Kier molecular flexibility index (Phi) is 6.50. The quantitative estimate of drug-likeness (QED) is 0.353. The Morgan fingerprint density at radius 2 is 1.78 bits per heavy atom. The lowest BCUT2D eigenvalue weighted by Gasteiger charge is -2.42. The van der Waals surface area contributed by atoms with E-state index in [4.69, 9.17) is 4.99 Å². The maximum absolute atomic E-state index is 5.77. The smallest absolute Gasteiger partial charge is 0.122 e. The number of aliphatic imine (C=N–C) groups is 1. The summed E-state index contributed by atoms with van der Waals surface area (Å²) in [6.45, 7) is 5.03. The van der Waals surface area contributed by atoms with E-state index >= 15 is 0 Å². The fourth-order valence-corrected chi connectivity index (χ4v) is 13.3. The van der Waals surface area contributed by atoms with Crippen LogP contribution in [-0.4, -0.2) is 17.1 Å². The number of allylic oxidation sites excluding steroid dienone is 11. The summed E-state index contributed by atoms with van der Waals surface area (Å²) < 4.78 is 0. The van der Waals surface area contributed by atoms with E-state index in [2.05, 4.69) is 85.6 Å². The fraction of sp³-hybridized carbons (Fsp3) is 0.558. The lowest BCUT2D eigenvalue weighted by molar-refractivity contribution is 0.183. The van der Waals surface area contributed by atoms with E-state index < -0.39 is 0 Å². The van der Waals surface area contributed by atoms with Crippen LogP contribution in [-0.2, 0) is 5.41 Å². The van der Waals surface area contributed by atoms with Crippen LogP contribution in [0.15, 0.2) is 87.0 Å². The van der Waals surface area contributed by atoms with Crippen molar-refractivity contribution in [3.63, 3.8) is 0 Å². The maximum atomic E-state index is 5.77. The number of nitrogens with one attached hydrogen (secondary N) is 1. The first kappa shape index (κ1) is 28.5. The van der Waals surface area contributed by atoms with Gasteiger partial charge in [-0.15, -0.1) is 11.8 Å². The van der Waals surface area contributed by atoms with Crippen molar-refractivity contribution in [3.8, 4) is 0 Å². The standard InChI is InChI=1S/C43H50N2S/c1-42(2)33-20-13-18-29(39-40-38(28-17-8-10-21-36(28)46-40)44-41(45-39)26-14-5-3-6-15-26)37(33)31-24-30-27-16-7-9-19-32(27)43(22-11-4-12-23-43)35(30)25-34(31)42/h7,9,13,17-20,24-27,30,35-36,41,44H,3-6,8,10-12,14-16,21-23H2,1-2H3. The van der Waals surface area contributed by atoms with Crippen molar-refractivity contribution < 1.29 is 0 Å². The van der Waals surface area contributed by atoms with Crippen molar-refractivity contribution >= 4 is 23.0 Å². The highest BCUT2D eigenvalue weighted by atomic mass is 32.2. The summed E-state index contributed by atoms with van der Waals surface area (Å²) in [5.41, 5.74) is 14.1. The molecule has 238 valence electrons. The summed E-state index contributed by atoms with van der Waals surface area (Å²) in [4.78, 5) is 7.21. The van der Waals surface area contributed by atoms with Gasteiger partial charge in [0.15, 0.2) is 0 Å². The normalized spacial score (nSPS) is 35.0.